The molecule has 0 amide bonds. The summed E-state index contributed by atoms with van der Waals surface area (Å²) in [5, 5.41) is 0. The van der Waals surface area contributed by atoms with E-state index in [1.807, 2.05) is 0 Å². The van der Waals surface area contributed by atoms with Crippen LogP contribution in [0.1, 0.15) is 22.9 Å². The summed E-state index contributed by atoms with van der Waals surface area (Å²) >= 11 is 0. The van der Waals surface area contributed by atoms with E-state index in [1.54, 1.807) is 0 Å². The number of hydrogen-bond donors (Lipinski definition) is 2. The van der Waals surface area contributed by atoms with E-state index in [0.29, 0.717) is 12.1 Å². The van der Waals surface area contributed by atoms with Crippen molar-refractivity contribution in [3.63, 3.8) is 0 Å². The molecule has 2 rings (SSSR count). The van der Waals surface area contributed by atoms with Crippen molar-refractivity contribution < 1.29 is 22.0 Å². The van der Waals surface area contributed by atoms with Gasteiger partial charge in [0.15, 0.2) is 0 Å². The Morgan fingerprint density at radius 3 is 2.33 bits per heavy atom. The van der Waals surface area contributed by atoms with Gasteiger partial charge in [-0.05, 0) is 29.8 Å². The predicted molar refractivity (Wildman–Crippen MR) is 64.8 cm³/mol. The molecule has 0 aliphatic carbocycles. The molecule has 1 atom stereocenters. The predicted octanol–water partition coefficient (Wildman–Crippen LogP) is 2.93. The molecule has 21 heavy (non-hydrogen) atoms. The van der Waals surface area contributed by atoms with Gasteiger partial charge in [-0.3, -0.25) is 10.8 Å². The van der Waals surface area contributed by atoms with Gasteiger partial charge in [0, 0.05) is 6.20 Å². The van der Waals surface area contributed by atoms with Crippen molar-refractivity contribution in [2.45, 2.75) is 12.2 Å². The van der Waals surface area contributed by atoms with E-state index in [9.17, 15) is 22.0 Å². The molecule has 1 heterocycles. The third-order valence-corrected chi connectivity index (χ3v) is 2.86. The molecule has 8 heteroatoms. The van der Waals surface area contributed by atoms with Gasteiger partial charge in [-0.2, -0.15) is 13.2 Å². The number of alkyl halides is 3. The van der Waals surface area contributed by atoms with Crippen LogP contribution in [0.5, 0.6) is 0 Å². The second-order valence-corrected chi connectivity index (χ2v) is 4.21. The lowest BCUT2D eigenvalue weighted by atomic mass is 10.0. The molecule has 0 radical (unpaired) electrons. The molecule has 0 saturated carbocycles. The zero-order valence-electron chi connectivity index (χ0n) is 10.5. The van der Waals surface area contributed by atoms with E-state index in [4.69, 9.17) is 5.84 Å². The molecule has 0 fully saturated rings. The van der Waals surface area contributed by atoms with Crippen LogP contribution in [0, 0.1) is 11.6 Å². The quantitative estimate of drug-likeness (QED) is 0.521. The lowest BCUT2D eigenvalue weighted by Gasteiger charge is -2.17. The van der Waals surface area contributed by atoms with Gasteiger partial charge >= 0.3 is 6.18 Å². The Morgan fingerprint density at radius 2 is 1.81 bits per heavy atom. The van der Waals surface area contributed by atoms with Crippen molar-refractivity contribution in [3.8, 4) is 0 Å². The smallest absolute Gasteiger partial charge is 0.271 e. The highest BCUT2D eigenvalue weighted by atomic mass is 19.4. The number of halogens is 5. The molecule has 2 aromatic rings. The monoisotopic (exact) mass is 303 g/mol. The fraction of sp³-hybridized carbons (Fsp3) is 0.154. The fourth-order valence-corrected chi connectivity index (χ4v) is 1.88. The normalized spacial score (nSPS) is 13.2. The molecule has 0 bridgehead atoms. The van der Waals surface area contributed by atoms with E-state index in [0.717, 1.165) is 12.1 Å². The van der Waals surface area contributed by atoms with Crippen molar-refractivity contribution in [2.75, 3.05) is 0 Å². The first-order valence-corrected chi connectivity index (χ1v) is 5.77. The third-order valence-electron chi connectivity index (χ3n) is 2.86. The van der Waals surface area contributed by atoms with Crippen LogP contribution in [-0.2, 0) is 6.18 Å². The summed E-state index contributed by atoms with van der Waals surface area (Å²) in [4.78, 5) is 3.76. The lowest BCUT2D eigenvalue weighted by molar-refractivity contribution is -0.140. The van der Waals surface area contributed by atoms with Crippen molar-refractivity contribution in [2.24, 2.45) is 5.84 Å². The second-order valence-electron chi connectivity index (χ2n) is 4.21. The second kappa shape index (κ2) is 5.74. The summed E-state index contributed by atoms with van der Waals surface area (Å²) < 4.78 is 64.7. The third kappa shape index (κ3) is 3.17. The van der Waals surface area contributed by atoms with Crippen molar-refractivity contribution in [1.82, 2.24) is 10.4 Å². The van der Waals surface area contributed by atoms with Crippen molar-refractivity contribution in [1.29, 1.82) is 0 Å². The average Bonchev–Trinajstić information content (AvgIpc) is 2.40. The maximum Gasteiger partial charge on any atom is 0.419 e. The Morgan fingerprint density at radius 1 is 1.10 bits per heavy atom. The zero-order chi connectivity index (χ0) is 15.6. The van der Waals surface area contributed by atoms with Crippen LogP contribution < -0.4 is 11.3 Å². The lowest BCUT2D eigenvalue weighted by Crippen LogP contribution is -2.30. The number of nitrogens with zero attached hydrogens (tertiary/aromatic N) is 1. The fourth-order valence-electron chi connectivity index (χ4n) is 1.88. The summed E-state index contributed by atoms with van der Waals surface area (Å²) in [6.07, 6.45) is -3.51. The highest BCUT2D eigenvalue weighted by molar-refractivity contribution is 5.33. The molecule has 1 aromatic carbocycles. The molecule has 0 aliphatic heterocycles. The molecule has 1 unspecified atom stereocenters. The topological polar surface area (TPSA) is 50.9 Å². The van der Waals surface area contributed by atoms with Crippen LogP contribution in [0.4, 0.5) is 22.0 Å². The van der Waals surface area contributed by atoms with E-state index in [1.165, 1.54) is 12.3 Å². The standard InChI is InChI=1S/C13H10F5N3/c14-9-2-1-5-20-12(9)11(21-19)7-3-4-8(10(15)6-7)13(16,17)18/h1-6,11,21H,19H2. The molecule has 0 aliphatic rings. The van der Waals surface area contributed by atoms with Crippen LogP contribution >= 0.6 is 0 Å². The molecule has 0 saturated heterocycles. The number of nitrogens with one attached hydrogen (secondary N) is 1. The first-order valence-electron chi connectivity index (χ1n) is 5.77. The SMILES string of the molecule is NNC(c1ccc(C(F)(F)F)c(F)c1)c1ncccc1F. The minimum Gasteiger partial charge on any atom is -0.271 e. The van der Waals surface area contributed by atoms with Gasteiger partial charge < -0.3 is 0 Å². The number of benzene rings is 1. The zero-order valence-corrected chi connectivity index (χ0v) is 10.5. The molecular formula is C13H10F5N3. The molecular weight excluding hydrogens is 293 g/mol. The Bertz CT molecular complexity index is 642. The summed E-state index contributed by atoms with van der Waals surface area (Å²) in [5.41, 5.74) is 0.700. The van der Waals surface area contributed by atoms with Gasteiger partial charge in [0.1, 0.15) is 11.6 Å². The maximum absolute atomic E-state index is 13.6. The number of pyridine rings is 1. The Kier molecular flexibility index (Phi) is 4.19. The van der Waals surface area contributed by atoms with Gasteiger partial charge in [-0.1, -0.05) is 6.07 Å². The van der Waals surface area contributed by atoms with E-state index >= 15 is 0 Å². The van der Waals surface area contributed by atoms with Gasteiger partial charge in [-0.15, -0.1) is 0 Å². The maximum atomic E-state index is 13.6. The van der Waals surface area contributed by atoms with Crippen LogP contribution in [-0.4, -0.2) is 4.98 Å². The molecule has 3 N–H and O–H groups in total. The van der Waals surface area contributed by atoms with Crippen LogP contribution in [0.25, 0.3) is 0 Å². The van der Waals surface area contributed by atoms with Crippen molar-refractivity contribution >= 4 is 0 Å². The molecule has 1 aromatic heterocycles. The van der Waals surface area contributed by atoms with Gasteiger partial charge in [0.05, 0.1) is 17.3 Å². The number of hydrogen-bond acceptors (Lipinski definition) is 3. The molecule has 0 spiro atoms. The Hall–Kier alpha value is -2.06. The van der Waals surface area contributed by atoms with Crippen molar-refractivity contribution in [3.05, 3.63) is 65.0 Å². The first-order chi connectivity index (χ1) is 9.84. The van der Waals surface area contributed by atoms with E-state index < -0.39 is 29.4 Å². The van der Waals surface area contributed by atoms with Gasteiger partial charge in [0.2, 0.25) is 0 Å². The Balaban J connectivity index is 2.45. The molecule has 3 nitrogen and oxygen atoms in total. The highest BCUT2D eigenvalue weighted by Gasteiger charge is 2.34. The van der Waals surface area contributed by atoms with E-state index in [2.05, 4.69) is 10.4 Å². The van der Waals surface area contributed by atoms with Crippen LogP contribution in [0.3, 0.4) is 0 Å². The minimum atomic E-state index is -4.80. The highest BCUT2D eigenvalue weighted by Crippen LogP contribution is 2.33. The number of hydrazine groups is 1. The number of rotatable bonds is 3. The van der Waals surface area contributed by atoms with Crippen LogP contribution in [0.2, 0.25) is 0 Å². The van der Waals surface area contributed by atoms with Gasteiger partial charge in [0.25, 0.3) is 0 Å². The minimum absolute atomic E-state index is 0.0283. The van der Waals surface area contributed by atoms with Crippen LogP contribution in [0.15, 0.2) is 36.5 Å². The summed E-state index contributed by atoms with van der Waals surface area (Å²) in [6, 6.07) is 3.65. The summed E-state index contributed by atoms with van der Waals surface area (Å²) in [7, 11) is 0. The number of nitrogens with two attached hydrogens (primary N) is 1. The van der Waals surface area contributed by atoms with Gasteiger partial charge in [-0.25, -0.2) is 14.2 Å². The first kappa shape index (κ1) is 15.3. The summed E-state index contributed by atoms with van der Waals surface area (Å²) in [5.74, 6) is 3.11. The largest absolute Gasteiger partial charge is 0.419 e. The van der Waals surface area contributed by atoms with E-state index in [-0.39, 0.29) is 11.3 Å². The summed E-state index contributed by atoms with van der Waals surface area (Å²) in [6.45, 7) is 0. The average molecular weight is 303 g/mol. The molecule has 112 valence electrons. The number of aromatic nitrogens is 1. The Labute approximate surface area is 116 Å².